The van der Waals surface area contributed by atoms with E-state index in [1.54, 1.807) is 0 Å². The topological polar surface area (TPSA) is 87.5 Å². The van der Waals surface area contributed by atoms with Gasteiger partial charge in [0.1, 0.15) is 0 Å². The van der Waals surface area contributed by atoms with Gasteiger partial charge in [0.05, 0.1) is 6.54 Å². The molecular formula is C16H31ClN4O2. The maximum absolute atomic E-state index is 12.1. The summed E-state index contributed by atoms with van der Waals surface area (Å²) in [4.78, 5) is 25.8. The second-order valence-corrected chi connectivity index (χ2v) is 6.74. The summed E-state index contributed by atoms with van der Waals surface area (Å²) in [6.45, 7) is 3.61. The van der Waals surface area contributed by atoms with Crippen LogP contribution in [-0.4, -0.2) is 48.6 Å². The SMILES string of the molecule is CC(N)C1CCN(C(=O)CNC(=O)NC2CCCCC2)CC1.Cl. The molecule has 3 amide bonds. The maximum Gasteiger partial charge on any atom is 0.315 e. The molecule has 0 spiro atoms. The van der Waals surface area contributed by atoms with Crippen molar-refractivity contribution in [3.63, 3.8) is 0 Å². The number of halogens is 1. The van der Waals surface area contributed by atoms with Crippen molar-refractivity contribution >= 4 is 24.3 Å². The van der Waals surface area contributed by atoms with Crippen molar-refractivity contribution in [2.45, 2.75) is 64.0 Å². The van der Waals surface area contributed by atoms with Gasteiger partial charge in [0.2, 0.25) is 5.91 Å². The molecule has 2 fully saturated rings. The predicted molar refractivity (Wildman–Crippen MR) is 93.6 cm³/mol. The Balaban J connectivity index is 0.00000264. The zero-order valence-corrected chi connectivity index (χ0v) is 14.9. The number of urea groups is 1. The van der Waals surface area contributed by atoms with Crippen molar-refractivity contribution in [2.75, 3.05) is 19.6 Å². The van der Waals surface area contributed by atoms with Crippen LogP contribution in [0.1, 0.15) is 51.9 Å². The molecule has 0 radical (unpaired) electrons. The van der Waals surface area contributed by atoms with E-state index < -0.39 is 0 Å². The van der Waals surface area contributed by atoms with Crippen LogP contribution >= 0.6 is 12.4 Å². The van der Waals surface area contributed by atoms with Gasteiger partial charge in [-0.3, -0.25) is 4.79 Å². The molecule has 0 aromatic carbocycles. The fourth-order valence-electron chi connectivity index (χ4n) is 3.43. The van der Waals surface area contributed by atoms with Crippen LogP contribution < -0.4 is 16.4 Å². The predicted octanol–water partition coefficient (Wildman–Crippen LogP) is 1.63. The molecule has 4 N–H and O–H groups in total. The average molecular weight is 347 g/mol. The van der Waals surface area contributed by atoms with Gasteiger partial charge in [0.25, 0.3) is 0 Å². The highest BCUT2D eigenvalue weighted by Crippen LogP contribution is 2.19. The van der Waals surface area contributed by atoms with Crippen LogP contribution in [0, 0.1) is 5.92 Å². The number of nitrogens with two attached hydrogens (primary N) is 1. The van der Waals surface area contributed by atoms with E-state index in [0.717, 1.165) is 38.8 Å². The first-order valence-corrected chi connectivity index (χ1v) is 8.64. The van der Waals surface area contributed by atoms with E-state index in [9.17, 15) is 9.59 Å². The Hall–Kier alpha value is -1.01. The molecule has 1 aliphatic carbocycles. The molecule has 1 atom stereocenters. The lowest BCUT2D eigenvalue weighted by Crippen LogP contribution is -2.49. The number of likely N-dealkylation sites (tertiary alicyclic amines) is 1. The van der Waals surface area contributed by atoms with Gasteiger partial charge in [-0.05, 0) is 38.5 Å². The number of nitrogens with zero attached hydrogens (tertiary/aromatic N) is 1. The standard InChI is InChI=1S/C16H30N4O2.ClH/c1-12(17)13-7-9-20(10-8-13)15(21)11-18-16(22)19-14-5-3-2-4-6-14;/h12-14H,2-11,17H2,1H3,(H2,18,19,22);1H. The molecule has 1 unspecified atom stereocenters. The fourth-order valence-corrected chi connectivity index (χ4v) is 3.43. The van der Waals surface area contributed by atoms with E-state index in [2.05, 4.69) is 10.6 Å². The second-order valence-electron chi connectivity index (χ2n) is 6.74. The fraction of sp³-hybridized carbons (Fsp3) is 0.875. The summed E-state index contributed by atoms with van der Waals surface area (Å²) in [5, 5.41) is 5.66. The van der Waals surface area contributed by atoms with Crippen molar-refractivity contribution in [1.29, 1.82) is 0 Å². The Kier molecular flexibility index (Phi) is 8.69. The third-order valence-electron chi connectivity index (χ3n) is 4.98. The highest BCUT2D eigenvalue weighted by molar-refractivity contribution is 5.85. The molecule has 2 rings (SSSR count). The quantitative estimate of drug-likeness (QED) is 0.723. The summed E-state index contributed by atoms with van der Waals surface area (Å²) < 4.78 is 0. The molecule has 0 aromatic heterocycles. The molecule has 1 heterocycles. The lowest BCUT2D eigenvalue weighted by atomic mass is 9.91. The minimum absolute atomic E-state index is 0. The van der Waals surface area contributed by atoms with Crippen molar-refractivity contribution in [3.8, 4) is 0 Å². The molecule has 1 aliphatic heterocycles. The molecule has 1 saturated carbocycles. The summed E-state index contributed by atoms with van der Waals surface area (Å²) in [7, 11) is 0. The molecule has 6 nitrogen and oxygen atoms in total. The molecule has 2 aliphatic rings. The first-order chi connectivity index (χ1) is 10.6. The van der Waals surface area contributed by atoms with E-state index in [1.807, 2.05) is 11.8 Å². The Morgan fingerprint density at radius 1 is 1.13 bits per heavy atom. The highest BCUT2D eigenvalue weighted by atomic mass is 35.5. The van der Waals surface area contributed by atoms with Gasteiger partial charge in [-0.25, -0.2) is 4.79 Å². The molecule has 7 heteroatoms. The summed E-state index contributed by atoms with van der Waals surface area (Å²) in [6, 6.07) is 0.244. The molecule has 0 aromatic rings. The van der Waals surface area contributed by atoms with Crippen LogP contribution in [0.4, 0.5) is 4.79 Å². The van der Waals surface area contributed by atoms with E-state index >= 15 is 0 Å². The number of carbonyl (C=O) groups excluding carboxylic acids is 2. The number of carbonyl (C=O) groups is 2. The number of nitrogens with one attached hydrogen (secondary N) is 2. The molecule has 1 saturated heterocycles. The smallest absolute Gasteiger partial charge is 0.315 e. The Labute approximate surface area is 145 Å². The van der Waals surface area contributed by atoms with Crippen LogP contribution in [0.25, 0.3) is 0 Å². The zero-order valence-electron chi connectivity index (χ0n) is 14.1. The van der Waals surface area contributed by atoms with E-state index in [4.69, 9.17) is 5.73 Å². The molecular weight excluding hydrogens is 316 g/mol. The lowest BCUT2D eigenvalue weighted by Gasteiger charge is -2.33. The Bertz CT molecular complexity index is 378. The molecule has 23 heavy (non-hydrogen) atoms. The maximum atomic E-state index is 12.1. The van der Waals surface area contributed by atoms with Gasteiger partial charge in [0.15, 0.2) is 0 Å². The van der Waals surface area contributed by atoms with Crippen molar-refractivity contribution in [2.24, 2.45) is 11.7 Å². The first-order valence-electron chi connectivity index (χ1n) is 8.64. The van der Waals surface area contributed by atoms with E-state index in [1.165, 1.54) is 19.3 Å². The third kappa shape index (κ3) is 6.55. The van der Waals surface area contributed by atoms with Crippen molar-refractivity contribution in [1.82, 2.24) is 15.5 Å². The summed E-state index contributed by atoms with van der Waals surface area (Å²) >= 11 is 0. The Morgan fingerprint density at radius 3 is 2.30 bits per heavy atom. The van der Waals surface area contributed by atoms with Gasteiger partial charge in [-0.2, -0.15) is 0 Å². The number of hydrogen-bond acceptors (Lipinski definition) is 3. The normalized spacial score (nSPS) is 21.2. The lowest BCUT2D eigenvalue weighted by molar-refractivity contribution is -0.131. The van der Waals surface area contributed by atoms with Gasteiger partial charge >= 0.3 is 6.03 Å². The molecule has 0 bridgehead atoms. The van der Waals surface area contributed by atoms with Crippen molar-refractivity contribution < 1.29 is 9.59 Å². The minimum Gasteiger partial charge on any atom is -0.341 e. The van der Waals surface area contributed by atoms with Crippen molar-refractivity contribution in [3.05, 3.63) is 0 Å². The van der Waals surface area contributed by atoms with Crippen LogP contribution in [0.3, 0.4) is 0 Å². The average Bonchev–Trinajstić information content (AvgIpc) is 2.53. The first kappa shape index (κ1) is 20.0. The second kappa shape index (κ2) is 9.98. The van der Waals surface area contributed by atoms with Crippen LogP contribution in [0.5, 0.6) is 0 Å². The monoisotopic (exact) mass is 346 g/mol. The number of hydrogen-bond donors (Lipinski definition) is 3. The summed E-state index contributed by atoms with van der Waals surface area (Å²) in [5.41, 5.74) is 5.91. The van der Waals surface area contributed by atoms with Gasteiger partial charge in [0, 0.05) is 25.2 Å². The van der Waals surface area contributed by atoms with E-state index in [0.29, 0.717) is 5.92 Å². The molecule has 134 valence electrons. The van der Waals surface area contributed by atoms with Crippen LogP contribution in [0.15, 0.2) is 0 Å². The van der Waals surface area contributed by atoms with Crippen LogP contribution in [0.2, 0.25) is 0 Å². The number of rotatable bonds is 4. The number of piperidine rings is 1. The largest absolute Gasteiger partial charge is 0.341 e. The Morgan fingerprint density at radius 2 is 1.74 bits per heavy atom. The van der Waals surface area contributed by atoms with Gasteiger partial charge in [-0.1, -0.05) is 19.3 Å². The van der Waals surface area contributed by atoms with Crippen LogP contribution in [-0.2, 0) is 4.79 Å². The summed E-state index contributed by atoms with van der Waals surface area (Å²) in [6.07, 6.45) is 7.63. The highest BCUT2D eigenvalue weighted by Gasteiger charge is 2.25. The van der Waals surface area contributed by atoms with Gasteiger partial charge in [-0.15, -0.1) is 12.4 Å². The third-order valence-corrected chi connectivity index (χ3v) is 4.98. The minimum atomic E-state index is -0.217. The number of amides is 3. The summed E-state index contributed by atoms with van der Waals surface area (Å²) in [5.74, 6) is 0.508. The van der Waals surface area contributed by atoms with Gasteiger partial charge < -0.3 is 21.3 Å². The zero-order chi connectivity index (χ0) is 15.9. The van der Waals surface area contributed by atoms with E-state index in [-0.39, 0.29) is 43.0 Å².